The number of amides is 2. The summed E-state index contributed by atoms with van der Waals surface area (Å²) in [4.78, 5) is 18.3. The lowest BCUT2D eigenvalue weighted by atomic mass is 9.76. The lowest BCUT2D eigenvalue weighted by molar-refractivity contribution is 0.0751. The Morgan fingerprint density at radius 2 is 1.84 bits per heavy atom. The Morgan fingerprint density at radius 1 is 1.10 bits per heavy atom. The fraction of sp³-hybridized carbons (Fsp3) is 0.500. The number of hydrogen-bond donors (Lipinski definition) is 0. The fourth-order valence-corrected chi connectivity index (χ4v) is 5.55. The van der Waals surface area contributed by atoms with E-state index in [-0.39, 0.29) is 11.6 Å². The average Bonchev–Trinajstić information content (AvgIpc) is 3.68. The molecule has 0 saturated heterocycles. The van der Waals surface area contributed by atoms with Crippen molar-refractivity contribution in [2.75, 3.05) is 18.6 Å². The Hall–Kier alpha value is -2.20. The van der Waals surface area contributed by atoms with Crippen LogP contribution >= 0.6 is 11.6 Å². The normalized spacial score (nSPS) is 23.1. The smallest absolute Gasteiger partial charge is 0.325 e. The van der Waals surface area contributed by atoms with Gasteiger partial charge in [-0.25, -0.2) is 4.79 Å². The molecule has 4 nitrogen and oxygen atoms in total. The van der Waals surface area contributed by atoms with Gasteiger partial charge >= 0.3 is 6.03 Å². The third-order valence-corrected chi connectivity index (χ3v) is 7.42. The molecule has 2 fully saturated rings. The minimum absolute atomic E-state index is 0.151. The quantitative estimate of drug-likeness (QED) is 0.464. The molecule has 0 aromatic heterocycles. The first-order valence-corrected chi connectivity index (χ1v) is 12.0. The van der Waals surface area contributed by atoms with Gasteiger partial charge in [-0.05, 0) is 79.8 Å². The molecule has 5 heteroatoms. The number of ether oxygens (including phenoxy) is 1. The number of carbonyl (C=O) groups excluding carboxylic acids is 1. The highest BCUT2D eigenvalue weighted by Gasteiger charge is 2.57. The molecule has 2 aliphatic carbocycles. The van der Waals surface area contributed by atoms with E-state index in [4.69, 9.17) is 16.3 Å². The highest BCUT2D eigenvalue weighted by atomic mass is 35.5. The summed E-state index contributed by atoms with van der Waals surface area (Å²) in [7, 11) is 1.67. The number of halogens is 1. The predicted molar refractivity (Wildman–Crippen MR) is 125 cm³/mol. The van der Waals surface area contributed by atoms with Crippen LogP contribution in [0.2, 0.25) is 5.02 Å². The summed E-state index contributed by atoms with van der Waals surface area (Å²) < 4.78 is 5.30. The van der Waals surface area contributed by atoms with Crippen LogP contribution in [0.3, 0.4) is 0 Å². The summed E-state index contributed by atoms with van der Waals surface area (Å²) in [5.41, 5.74) is 3.15. The third-order valence-electron chi connectivity index (χ3n) is 7.18. The number of benzene rings is 2. The molecule has 2 aromatic carbocycles. The lowest BCUT2D eigenvalue weighted by Gasteiger charge is -2.52. The number of fused-ring (bicyclic) bond motifs is 1. The van der Waals surface area contributed by atoms with Crippen molar-refractivity contribution >= 4 is 23.3 Å². The van der Waals surface area contributed by atoms with Crippen LogP contribution in [0.5, 0.6) is 5.75 Å². The Bertz CT molecular complexity index is 968. The zero-order valence-corrected chi connectivity index (χ0v) is 19.2. The highest BCUT2D eigenvalue weighted by molar-refractivity contribution is 6.30. The molecule has 1 heterocycles. The second kappa shape index (κ2) is 8.05. The summed E-state index contributed by atoms with van der Waals surface area (Å²) in [6.45, 7) is 3.64. The molecule has 31 heavy (non-hydrogen) atoms. The molecule has 0 spiro atoms. The van der Waals surface area contributed by atoms with Gasteiger partial charge in [-0.2, -0.15) is 0 Å². The second-order valence-corrected chi connectivity index (χ2v) is 9.82. The number of methoxy groups -OCH3 is 1. The molecule has 2 aromatic rings. The molecule has 2 amide bonds. The van der Waals surface area contributed by atoms with E-state index < -0.39 is 0 Å². The summed E-state index contributed by atoms with van der Waals surface area (Å²) in [5.74, 6) is 2.00. The van der Waals surface area contributed by atoms with Gasteiger partial charge in [0.1, 0.15) is 5.75 Å². The van der Waals surface area contributed by atoms with E-state index in [1.807, 2.05) is 35.2 Å². The number of rotatable bonds is 8. The summed E-state index contributed by atoms with van der Waals surface area (Å²) in [5, 5.41) is 0.755. The molecule has 0 radical (unpaired) electrons. The summed E-state index contributed by atoms with van der Waals surface area (Å²) in [6.07, 6.45) is 6.90. The van der Waals surface area contributed by atoms with E-state index >= 15 is 0 Å². The molecule has 3 aliphatic rings. The minimum atomic E-state index is -0.217. The van der Waals surface area contributed by atoms with Crippen molar-refractivity contribution in [1.82, 2.24) is 4.90 Å². The second-order valence-electron chi connectivity index (χ2n) is 9.38. The zero-order valence-electron chi connectivity index (χ0n) is 18.4. The van der Waals surface area contributed by atoms with Gasteiger partial charge in [0, 0.05) is 17.1 Å². The van der Waals surface area contributed by atoms with Gasteiger partial charge in [-0.1, -0.05) is 37.1 Å². The van der Waals surface area contributed by atoms with Crippen molar-refractivity contribution in [3.63, 3.8) is 0 Å². The van der Waals surface area contributed by atoms with Crippen molar-refractivity contribution < 1.29 is 9.53 Å². The Labute approximate surface area is 190 Å². The first-order chi connectivity index (χ1) is 15.1. The lowest BCUT2D eigenvalue weighted by Crippen LogP contribution is -2.60. The summed E-state index contributed by atoms with van der Waals surface area (Å²) in [6, 6.07) is 14.3. The van der Waals surface area contributed by atoms with Crippen LogP contribution in [0, 0.1) is 11.8 Å². The van der Waals surface area contributed by atoms with Crippen LogP contribution in [0.4, 0.5) is 10.5 Å². The van der Waals surface area contributed by atoms with Gasteiger partial charge in [0.15, 0.2) is 0 Å². The molecule has 164 valence electrons. The van der Waals surface area contributed by atoms with Crippen molar-refractivity contribution in [2.24, 2.45) is 11.8 Å². The number of carbonyl (C=O) groups is 1. The van der Waals surface area contributed by atoms with E-state index in [0.29, 0.717) is 18.4 Å². The molecule has 0 N–H and O–H groups in total. The number of nitrogens with zero attached hydrogens (tertiary/aromatic N) is 2. The number of urea groups is 1. The van der Waals surface area contributed by atoms with Crippen LogP contribution in [-0.2, 0) is 12.1 Å². The number of hydrogen-bond acceptors (Lipinski definition) is 2. The van der Waals surface area contributed by atoms with E-state index in [1.54, 1.807) is 7.11 Å². The molecular formula is C26H31ClN2O2. The zero-order chi connectivity index (χ0) is 21.6. The van der Waals surface area contributed by atoms with Crippen molar-refractivity contribution in [3.05, 3.63) is 58.6 Å². The Balaban J connectivity index is 1.60. The topological polar surface area (TPSA) is 32.8 Å². The maximum atomic E-state index is 14.1. The maximum absolute atomic E-state index is 14.1. The Kier molecular flexibility index (Phi) is 5.37. The molecule has 0 bridgehead atoms. The largest absolute Gasteiger partial charge is 0.497 e. The molecule has 1 aliphatic heterocycles. The van der Waals surface area contributed by atoms with Crippen molar-refractivity contribution in [2.45, 2.75) is 57.5 Å². The highest BCUT2D eigenvalue weighted by Crippen LogP contribution is 2.58. The van der Waals surface area contributed by atoms with Crippen LogP contribution in [0.1, 0.15) is 56.6 Å². The van der Waals surface area contributed by atoms with Crippen LogP contribution in [0.15, 0.2) is 42.5 Å². The Morgan fingerprint density at radius 3 is 2.45 bits per heavy atom. The van der Waals surface area contributed by atoms with E-state index in [9.17, 15) is 4.79 Å². The van der Waals surface area contributed by atoms with Gasteiger partial charge in [-0.3, -0.25) is 4.90 Å². The monoisotopic (exact) mass is 438 g/mol. The third kappa shape index (κ3) is 3.69. The maximum Gasteiger partial charge on any atom is 0.325 e. The van der Waals surface area contributed by atoms with Gasteiger partial charge < -0.3 is 9.64 Å². The predicted octanol–water partition coefficient (Wildman–Crippen LogP) is 6.61. The van der Waals surface area contributed by atoms with Gasteiger partial charge in [0.25, 0.3) is 0 Å². The number of anilines is 1. The molecular weight excluding hydrogens is 408 g/mol. The van der Waals surface area contributed by atoms with Crippen LogP contribution in [0.25, 0.3) is 0 Å². The average molecular weight is 439 g/mol. The van der Waals surface area contributed by atoms with Gasteiger partial charge in [0.2, 0.25) is 0 Å². The van der Waals surface area contributed by atoms with Gasteiger partial charge in [0.05, 0.1) is 24.9 Å². The molecule has 5 rings (SSSR count). The first-order valence-electron chi connectivity index (χ1n) is 11.6. The molecule has 1 unspecified atom stereocenters. The van der Waals surface area contributed by atoms with E-state index in [2.05, 4.69) is 24.0 Å². The standard InChI is InChI=1S/C26H31ClN2O2/c1-3-14-26(20-8-9-20)23-15-21(27)10-13-24(23)28(25(30)29(26)17-19-4-5-19)16-18-6-11-22(31-2)12-7-18/h6-7,10-13,15,19-20H,3-5,8-9,14,16-17H2,1-2H3. The molecule has 1 atom stereocenters. The van der Waals surface area contributed by atoms with Crippen LogP contribution < -0.4 is 9.64 Å². The minimum Gasteiger partial charge on any atom is -0.497 e. The van der Waals surface area contributed by atoms with Gasteiger partial charge in [-0.15, -0.1) is 0 Å². The van der Waals surface area contributed by atoms with Crippen LogP contribution in [-0.4, -0.2) is 24.6 Å². The van der Waals surface area contributed by atoms with Crippen molar-refractivity contribution in [3.8, 4) is 5.75 Å². The van der Waals surface area contributed by atoms with E-state index in [1.165, 1.54) is 31.2 Å². The fourth-order valence-electron chi connectivity index (χ4n) is 5.38. The first kappa shape index (κ1) is 20.7. The summed E-state index contributed by atoms with van der Waals surface area (Å²) >= 11 is 6.54. The van der Waals surface area contributed by atoms with Crippen molar-refractivity contribution in [1.29, 1.82) is 0 Å². The SMILES string of the molecule is CCCC1(C2CC2)c2cc(Cl)ccc2N(Cc2ccc(OC)cc2)C(=O)N1CC1CC1. The van der Waals surface area contributed by atoms with E-state index in [0.717, 1.165) is 41.4 Å². The molecule has 2 saturated carbocycles.